The topological polar surface area (TPSA) is 82.7 Å². The normalized spacial score (nSPS) is 13.4. The van der Waals surface area contributed by atoms with Crippen molar-refractivity contribution in [3.63, 3.8) is 0 Å². The summed E-state index contributed by atoms with van der Waals surface area (Å²) < 4.78 is 4.41. The molecule has 0 bridgehead atoms. The van der Waals surface area contributed by atoms with Gasteiger partial charge in [-0.25, -0.2) is 4.98 Å². The number of hydrogen-bond donors (Lipinski definition) is 3. The Morgan fingerprint density at radius 3 is 2.53 bits per heavy atom. The number of aromatic nitrogens is 3. The number of H-pyrrole nitrogens is 1. The number of nitrogens with one attached hydrogen (secondary N) is 3. The van der Waals surface area contributed by atoms with E-state index in [2.05, 4.69) is 53.1 Å². The van der Waals surface area contributed by atoms with Gasteiger partial charge in [0, 0.05) is 38.1 Å². The van der Waals surface area contributed by atoms with Gasteiger partial charge in [-0.05, 0) is 67.3 Å². The van der Waals surface area contributed by atoms with Crippen molar-refractivity contribution in [2.75, 3.05) is 10.0 Å². The molecule has 0 atom stereocenters. The third-order valence-electron chi connectivity index (χ3n) is 4.86. The molecule has 2 heterocycles. The van der Waals surface area contributed by atoms with Crippen LogP contribution in [-0.2, 0) is 4.79 Å². The maximum Gasteiger partial charge on any atom is 0.232 e. The summed E-state index contributed by atoms with van der Waals surface area (Å²) in [7, 11) is 0. The molecule has 6 nitrogen and oxygen atoms in total. The van der Waals surface area contributed by atoms with Gasteiger partial charge in [0.25, 0.3) is 0 Å². The number of aromatic amines is 1. The van der Waals surface area contributed by atoms with E-state index in [0.29, 0.717) is 11.6 Å². The van der Waals surface area contributed by atoms with E-state index in [4.69, 9.17) is 0 Å². The molecule has 1 aliphatic carbocycles. The van der Waals surface area contributed by atoms with Gasteiger partial charge in [0.15, 0.2) is 0 Å². The molecule has 30 heavy (non-hydrogen) atoms. The highest BCUT2D eigenvalue weighted by molar-refractivity contribution is 9.10. The number of nitrogens with zero attached hydrogens (tertiary/aromatic N) is 2. The van der Waals surface area contributed by atoms with Crippen LogP contribution in [0.25, 0.3) is 22.3 Å². The van der Waals surface area contributed by atoms with Gasteiger partial charge >= 0.3 is 0 Å². The molecule has 150 valence electrons. The number of rotatable bonds is 6. The summed E-state index contributed by atoms with van der Waals surface area (Å²) in [5.41, 5.74) is 3.45. The molecule has 0 aliphatic heterocycles. The smallest absolute Gasteiger partial charge is 0.232 e. The lowest BCUT2D eigenvalue weighted by Crippen LogP contribution is -2.15. The highest BCUT2D eigenvalue weighted by Crippen LogP contribution is 2.32. The summed E-state index contributed by atoms with van der Waals surface area (Å²) in [5, 5.41) is 3.77. The van der Waals surface area contributed by atoms with Crippen molar-refractivity contribution in [3.05, 3.63) is 65.3 Å². The fourth-order valence-corrected chi connectivity index (χ4v) is 4.00. The Morgan fingerprint density at radius 2 is 1.80 bits per heavy atom. The molecule has 3 N–H and O–H groups in total. The lowest BCUT2D eigenvalue weighted by Gasteiger charge is -2.09. The summed E-state index contributed by atoms with van der Waals surface area (Å²) in [6, 6.07) is 18.2. The highest BCUT2D eigenvalue weighted by Gasteiger charge is 2.30. The molecule has 5 rings (SSSR count). The first-order valence-electron chi connectivity index (χ1n) is 9.60. The molecule has 0 saturated heterocycles. The first kappa shape index (κ1) is 19.1. The largest absolute Gasteiger partial charge is 0.346 e. The van der Waals surface area contributed by atoms with Crippen LogP contribution < -0.4 is 10.0 Å². The molecule has 0 spiro atoms. The standard InChI is InChI=1S/C22H18BrN5OS/c23-15-5-9-17(10-6-15)30-28-16-7-3-13(4-8-16)19-18-11-12-24-20(18)26-22(25-19)27-21(29)14-1-2-14/h3-12,14,28H,1-2H2,(H2,24,25,26,27,29). The Hall–Kier alpha value is -2.84. The van der Waals surface area contributed by atoms with Crippen molar-refractivity contribution in [1.29, 1.82) is 0 Å². The second-order valence-corrected chi connectivity index (χ2v) is 8.93. The average Bonchev–Trinajstić information content (AvgIpc) is 3.51. The highest BCUT2D eigenvalue weighted by atomic mass is 79.9. The Kier molecular flexibility index (Phi) is 5.18. The number of halogens is 1. The summed E-state index contributed by atoms with van der Waals surface area (Å²) in [5.74, 6) is 0.436. The van der Waals surface area contributed by atoms with Gasteiger partial charge in [-0.2, -0.15) is 4.98 Å². The molecule has 1 saturated carbocycles. The van der Waals surface area contributed by atoms with Crippen LogP contribution in [0.2, 0.25) is 0 Å². The maximum atomic E-state index is 12.1. The minimum atomic E-state index is -0.00336. The SMILES string of the molecule is O=C(Nc1nc(-c2ccc(NSc3ccc(Br)cc3)cc2)c2cc[nH]c2n1)C1CC1. The van der Waals surface area contributed by atoms with Crippen molar-refractivity contribution in [2.45, 2.75) is 17.7 Å². The predicted octanol–water partition coefficient (Wildman–Crippen LogP) is 5.86. The van der Waals surface area contributed by atoms with Crippen LogP contribution in [0.1, 0.15) is 12.8 Å². The van der Waals surface area contributed by atoms with Crippen molar-refractivity contribution < 1.29 is 4.79 Å². The van der Waals surface area contributed by atoms with E-state index < -0.39 is 0 Å². The second kappa shape index (κ2) is 8.12. The lowest BCUT2D eigenvalue weighted by molar-refractivity contribution is -0.117. The number of benzene rings is 2. The molecular weight excluding hydrogens is 462 g/mol. The third kappa shape index (κ3) is 4.20. The quantitative estimate of drug-likeness (QED) is 0.302. The number of carbonyl (C=O) groups excluding carboxylic acids is 1. The van der Waals surface area contributed by atoms with E-state index in [1.165, 1.54) is 0 Å². The zero-order valence-electron chi connectivity index (χ0n) is 15.9. The van der Waals surface area contributed by atoms with Gasteiger partial charge in [0.05, 0.1) is 5.69 Å². The zero-order valence-corrected chi connectivity index (χ0v) is 18.3. The monoisotopic (exact) mass is 479 g/mol. The Balaban J connectivity index is 1.37. The van der Waals surface area contributed by atoms with Gasteiger partial charge in [0.2, 0.25) is 11.9 Å². The van der Waals surface area contributed by atoms with Crippen LogP contribution in [0.4, 0.5) is 11.6 Å². The second-order valence-electron chi connectivity index (χ2n) is 7.13. The Bertz CT molecular complexity index is 1200. The molecule has 8 heteroatoms. The summed E-state index contributed by atoms with van der Waals surface area (Å²) >= 11 is 5.01. The first-order chi connectivity index (χ1) is 14.7. The van der Waals surface area contributed by atoms with Gasteiger partial charge in [0.1, 0.15) is 5.65 Å². The number of amides is 1. The van der Waals surface area contributed by atoms with Crippen molar-refractivity contribution in [2.24, 2.45) is 5.92 Å². The molecular formula is C22H18BrN5OS. The molecule has 1 fully saturated rings. The third-order valence-corrected chi connectivity index (χ3v) is 6.23. The number of anilines is 2. The fraction of sp³-hybridized carbons (Fsp3) is 0.136. The molecule has 1 amide bonds. The molecule has 4 aromatic rings. The van der Waals surface area contributed by atoms with Gasteiger partial charge in [-0.3, -0.25) is 10.1 Å². The van der Waals surface area contributed by atoms with E-state index >= 15 is 0 Å². The van der Waals surface area contributed by atoms with Gasteiger partial charge in [-0.15, -0.1) is 0 Å². The van der Waals surface area contributed by atoms with Crippen molar-refractivity contribution >= 4 is 56.5 Å². The minimum Gasteiger partial charge on any atom is -0.346 e. The van der Waals surface area contributed by atoms with Crippen LogP contribution >= 0.6 is 27.9 Å². The van der Waals surface area contributed by atoms with Crippen molar-refractivity contribution in [3.8, 4) is 11.3 Å². The van der Waals surface area contributed by atoms with Crippen LogP contribution in [-0.4, -0.2) is 20.9 Å². The Morgan fingerprint density at radius 1 is 1.03 bits per heavy atom. The van der Waals surface area contributed by atoms with Crippen molar-refractivity contribution in [1.82, 2.24) is 15.0 Å². The predicted molar refractivity (Wildman–Crippen MR) is 124 cm³/mol. The minimum absolute atomic E-state index is 0.00336. The number of carbonyl (C=O) groups is 1. The van der Waals surface area contributed by atoms with E-state index in [1.807, 2.05) is 48.7 Å². The summed E-state index contributed by atoms with van der Waals surface area (Å²) in [6.45, 7) is 0. The number of fused-ring (bicyclic) bond motifs is 1. The summed E-state index contributed by atoms with van der Waals surface area (Å²) in [4.78, 5) is 25.5. The van der Waals surface area contributed by atoms with Crippen LogP contribution in [0.3, 0.4) is 0 Å². The van der Waals surface area contributed by atoms with E-state index in [0.717, 1.165) is 44.5 Å². The molecule has 2 aromatic heterocycles. The molecule has 2 aromatic carbocycles. The first-order valence-corrected chi connectivity index (χ1v) is 11.2. The average molecular weight is 480 g/mol. The zero-order chi connectivity index (χ0) is 20.5. The lowest BCUT2D eigenvalue weighted by atomic mass is 10.1. The summed E-state index contributed by atoms with van der Waals surface area (Å²) in [6.07, 6.45) is 3.71. The number of hydrogen-bond acceptors (Lipinski definition) is 5. The van der Waals surface area contributed by atoms with Crippen LogP contribution in [0.5, 0.6) is 0 Å². The van der Waals surface area contributed by atoms with E-state index in [-0.39, 0.29) is 11.8 Å². The van der Waals surface area contributed by atoms with E-state index in [1.54, 1.807) is 11.9 Å². The van der Waals surface area contributed by atoms with E-state index in [9.17, 15) is 4.79 Å². The van der Waals surface area contributed by atoms with Crippen LogP contribution in [0.15, 0.2) is 70.2 Å². The molecule has 1 aliphatic rings. The van der Waals surface area contributed by atoms with Crippen LogP contribution in [0, 0.1) is 5.92 Å². The maximum absolute atomic E-state index is 12.1. The van der Waals surface area contributed by atoms with Gasteiger partial charge in [-0.1, -0.05) is 28.1 Å². The fourth-order valence-electron chi connectivity index (χ4n) is 3.09. The Labute approximate surface area is 186 Å². The van der Waals surface area contributed by atoms with Gasteiger partial charge < -0.3 is 9.71 Å². The molecule has 0 radical (unpaired) electrons. The molecule has 0 unspecified atom stereocenters.